The van der Waals surface area contributed by atoms with E-state index < -0.39 is 10.0 Å². The van der Waals surface area contributed by atoms with Crippen LogP contribution in [0.5, 0.6) is 0 Å². The van der Waals surface area contributed by atoms with E-state index in [1.807, 2.05) is 6.07 Å². The van der Waals surface area contributed by atoms with Crippen LogP contribution in [0.25, 0.3) is 0 Å². The molecule has 5 nitrogen and oxygen atoms in total. The average molecular weight is 312 g/mol. The third kappa shape index (κ3) is 5.07. The molecule has 1 heterocycles. The largest absolute Gasteiger partial charge is 0.380 e. The third-order valence-corrected chi connectivity index (χ3v) is 4.92. The molecule has 0 amide bonds. The smallest absolute Gasteiger partial charge is 0.240 e. The summed E-state index contributed by atoms with van der Waals surface area (Å²) in [7, 11) is -3.48. The van der Waals surface area contributed by atoms with Gasteiger partial charge in [0.2, 0.25) is 10.0 Å². The van der Waals surface area contributed by atoms with Crippen molar-refractivity contribution in [3.63, 3.8) is 0 Å². The van der Waals surface area contributed by atoms with Gasteiger partial charge in [0.15, 0.2) is 0 Å². The van der Waals surface area contributed by atoms with E-state index in [2.05, 4.69) is 23.9 Å². The normalized spacial score (nSPS) is 19.9. The molecule has 1 saturated heterocycles. The van der Waals surface area contributed by atoms with Gasteiger partial charge >= 0.3 is 0 Å². The van der Waals surface area contributed by atoms with Crippen LogP contribution in [0.4, 0.5) is 0 Å². The Morgan fingerprint density at radius 3 is 2.86 bits per heavy atom. The van der Waals surface area contributed by atoms with Gasteiger partial charge in [-0.1, -0.05) is 26.0 Å². The minimum absolute atomic E-state index is 0.124. The highest BCUT2D eigenvalue weighted by molar-refractivity contribution is 7.89. The van der Waals surface area contributed by atoms with Crippen molar-refractivity contribution in [2.75, 3.05) is 13.2 Å². The lowest BCUT2D eigenvalue weighted by atomic mass is 10.1. The second kappa shape index (κ2) is 7.35. The first-order chi connectivity index (χ1) is 9.97. The predicted molar refractivity (Wildman–Crippen MR) is 82.6 cm³/mol. The molecule has 1 atom stereocenters. The van der Waals surface area contributed by atoms with Gasteiger partial charge in [-0.25, -0.2) is 13.1 Å². The van der Waals surface area contributed by atoms with Crippen molar-refractivity contribution in [1.82, 2.24) is 10.0 Å². The third-order valence-electron chi connectivity index (χ3n) is 3.41. The van der Waals surface area contributed by atoms with Crippen molar-refractivity contribution in [2.24, 2.45) is 0 Å². The molecule has 1 aromatic rings. The van der Waals surface area contributed by atoms with Crippen LogP contribution >= 0.6 is 0 Å². The first-order valence-corrected chi connectivity index (χ1v) is 8.88. The van der Waals surface area contributed by atoms with Crippen molar-refractivity contribution in [2.45, 2.75) is 50.2 Å². The van der Waals surface area contributed by atoms with Gasteiger partial charge in [0.1, 0.15) is 0 Å². The van der Waals surface area contributed by atoms with Crippen LogP contribution in [0.2, 0.25) is 0 Å². The maximum absolute atomic E-state index is 12.4. The van der Waals surface area contributed by atoms with Crippen molar-refractivity contribution in [1.29, 1.82) is 0 Å². The predicted octanol–water partition coefficient (Wildman–Crippen LogP) is 1.64. The van der Waals surface area contributed by atoms with Crippen molar-refractivity contribution >= 4 is 10.0 Å². The molecule has 1 aromatic carbocycles. The lowest BCUT2D eigenvalue weighted by Gasteiger charge is -2.23. The fourth-order valence-corrected chi connectivity index (χ4v) is 3.59. The minimum atomic E-state index is -3.48. The molecule has 1 aliphatic heterocycles. The monoisotopic (exact) mass is 312 g/mol. The first-order valence-electron chi connectivity index (χ1n) is 7.40. The Balaban J connectivity index is 2.06. The Kier molecular flexibility index (Phi) is 5.75. The molecule has 0 aromatic heterocycles. The summed E-state index contributed by atoms with van der Waals surface area (Å²) >= 11 is 0. The van der Waals surface area contributed by atoms with Crippen LogP contribution in [0.3, 0.4) is 0 Å². The summed E-state index contributed by atoms with van der Waals surface area (Å²) in [5, 5.41) is 3.29. The van der Waals surface area contributed by atoms with E-state index in [9.17, 15) is 8.42 Å². The van der Waals surface area contributed by atoms with Crippen LogP contribution in [0.1, 0.15) is 32.3 Å². The molecule has 118 valence electrons. The van der Waals surface area contributed by atoms with E-state index in [4.69, 9.17) is 4.74 Å². The van der Waals surface area contributed by atoms with Gasteiger partial charge in [-0.05, 0) is 30.5 Å². The van der Waals surface area contributed by atoms with Gasteiger partial charge in [0, 0.05) is 25.2 Å². The molecule has 0 spiro atoms. The lowest BCUT2D eigenvalue weighted by Crippen LogP contribution is -2.40. The molecule has 0 radical (unpaired) electrons. The minimum Gasteiger partial charge on any atom is -0.380 e. The number of benzene rings is 1. The van der Waals surface area contributed by atoms with Crippen LogP contribution < -0.4 is 10.0 Å². The van der Waals surface area contributed by atoms with Crippen LogP contribution in [0, 0.1) is 0 Å². The Morgan fingerprint density at radius 2 is 2.19 bits per heavy atom. The zero-order valence-corrected chi connectivity index (χ0v) is 13.4. The Hall–Kier alpha value is -0.950. The van der Waals surface area contributed by atoms with Crippen molar-refractivity contribution in [3.05, 3.63) is 29.8 Å². The topological polar surface area (TPSA) is 67.4 Å². The van der Waals surface area contributed by atoms with Gasteiger partial charge in [-0.3, -0.25) is 0 Å². The average Bonchev–Trinajstić information content (AvgIpc) is 2.46. The summed E-state index contributed by atoms with van der Waals surface area (Å²) in [6.07, 6.45) is 1.72. The molecule has 0 aliphatic carbocycles. The van der Waals surface area contributed by atoms with Crippen molar-refractivity contribution in [3.8, 4) is 0 Å². The number of ether oxygens (including phenoxy) is 1. The zero-order chi connectivity index (χ0) is 15.3. The summed E-state index contributed by atoms with van der Waals surface area (Å²) in [6, 6.07) is 7.30. The molecule has 1 fully saturated rings. The van der Waals surface area contributed by atoms with Gasteiger partial charge in [0.05, 0.1) is 11.5 Å². The molecule has 21 heavy (non-hydrogen) atoms. The second-order valence-electron chi connectivity index (χ2n) is 5.72. The van der Waals surface area contributed by atoms with E-state index in [1.165, 1.54) is 0 Å². The molecule has 2 rings (SSSR count). The summed E-state index contributed by atoms with van der Waals surface area (Å²) in [5.41, 5.74) is 0.964. The van der Waals surface area contributed by atoms with Gasteiger partial charge in [0.25, 0.3) is 0 Å². The molecule has 0 bridgehead atoms. The van der Waals surface area contributed by atoms with E-state index in [-0.39, 0.29) is 6.04 Å². The SMILES string of the molecule is CC(C)NCc1cccc(S(=O)(=O)NC2CCCOC2)c1. The molecule has 0 saturated carbocycles. The van der Waals surface area contributed by atoms with E-state index in [0.717, 1.165) is 18.4 Å². The lowest BCUT2D eigenvalue weighted by molar-refractivity contribution is 0.0774. The first kappa shape index (κ1) is 16.4. The number of nitrogens with one attached hydrogen (secondary N) is 2. The van der Waals surface area contributed by atoms with E-state index in [1.54, 1.807) is 18.2 Å². The number of sulfonamides is 1. The highest BCUT2D eigenvalue weighted by Crippen LogP contribution is 2.14. The quantitative estimate of drug-likeness (QED) is 0.838. The molecular formula is C15H24N2O3S. The van der Waals surface area contributed by atoms with Gasteiger partial charge in [-0.2, -0.15) is 0 Å². The Bertz CT molecular complexity index is 552. The molecule has 6 heteroatoms. The molecular weight excluding hydrogens is 288 g/mol. The summed E-state index contributed by atoms with van der Waals surface area (Å²) in [6.45, 7) is 5.95. The fourth-order valence-electron chi connectivity index (χ4n) is 2.27. The molecule has 2 N–H and O–H groups in total. The van der Waals surface area contributed by atoms with E-state index in [0.29, 0.717) is 30.7 Å². The van der Waals surface area contributed by atoms with Crippen LogP contribution in [0.15, 0.2) is 29.2 Å². The Morgan fingerprint density at radius 1 is 1.38 bits per heavy atom. The standard InChI is InChI=1S/C15H24N2O3S/c1-12(2)16-10-13-5-3-7-15(9-13)21(18,19)17-14-6-4-8-20-11-14/h3,5,7,9,12,14,16-17H,4,6,8,10-11H2,1-2H3. The maximum Gasteiger partial charge on any atom is 0.240 e. The molecule has 1 unspecified atom stereocenters. The number of hydrogen-bond donors (Lipinski definition) is 2. The van der Waals surface area contributed by atoms with Gasteiger partial charge < -0.3 is 10.1 Å². The Labute approximate surface area is 127 Å². The molecule has 1 aliphatic rings. The highest BCUT2D eigenvalue weighted by atomic mass is 32.2. The van der Waals surface area contributed by atoms with Crippen molar-refractivity contribution < 1.29 is 13.2 Å². The highest BCUT2D eigenvalue weighted by Gasteiger charge is 2.22. The zero-order valence-electron chi connectivity index (χ0n) is 12.6. The summed E-state index contributed by atoms with van der Waals surface area (Å²) in [4.78, 5) is 0.316. The second-order valence-corrected chi connectivity index (χ2v) is 7.43. The maximum atomic E-state index is 12.4. The fraction of sp³-hybridized carbons (Fsp3) is 0.600. The van der Waals surface area contributed by atoms with E-state index >= 15 is 0 Å². The number of rotatable bonds is 6. The van der Waals surface area contributed by atoms with Gasteiger partial charge in [-0.15, -0.1) is 0 Å². The number of hydrogen-bond acceptors (Lipinski definition) is 4. The summed E-state index contributed by atoms with van der Waals surface area (Å²) < 4.78 is 32.9. The van der Waals surface area contributed by atoms with Crippen LogP contribution in [-0.2, 0) is 21.3 Å². The summed E-state index contributed by atoms with van der Waals surface area (Å²) in [5.74, 6) is 0. The van der Waals surface area contributed by atoms with Crippen LogP contribution in [-0.4, -0.2) is 33.7 Å².